The lowest BCUT2D eigenvalue weighted by molar-refractivity contribution is -0.383. The summed E-state index contributed by atoms with van der Waals surface area (Å²) in [7, 11) is 0. The van der Waals surface area contributed by atoms with Crippen LogP contribution in [0.3, 0.4) is 0 Å². The summed E-state index contributed by atoms with van der Waals surface area (Å²) in [6.45, 7) is 2.91. The zero-order valence-electron chi connectivity index (χ0n) is 13.9. The molecule has 0 atom stereocenters. The van der Waals surface area contributed by atoms with Crippen molar-refractivity contribution >= 4 is 44.9 Å². The fourth-order valence-electron chi connectivity index (χ4n) is 2.64. The third-order valence-corrected chi connectivity index (χ3v) is 6.04. The van der Waals surface area contributed by atoms with E-state index >= 15 is 0 Å². The molecule has 0 spiro atoms. The van der Waals surface area contributed by atoms with Crippen molar-refractivity contribution in [2.24, 2.45) is 0 Å². The number of amides is 1. The van der Waals surface area contributed by atoms with Crippen molar-refractivity contribution in [1.29, 1.82) is 0 Å². The summed E-state index contributed by atoms with van der Waals surface area (Å²) in [5.41, 5.74) is -2.08. The van der Waals surface area contributed by atoms with Gasteiger partial charge in [-0.15, -0.1) is 11.3 Å². The Bertz CT molecular complexity index is 866. The second-order valence-corrected chi connectivity index (χ2v) is 8.05. The molecule has 2 heterocycles. The average Bonchev–Trinajstić information content (AvgIpc) is 3.05. The monoisotopic (exact) mass is 420 g/mol. The normalized spacial score (nSPS) is 15.8. The lowest BCUT2D eigenvalue weighted by Crippen LogP contribution is -2.39. The number of aromatic nitrogens is 1. The Morgan fingerprint density at radius 2 is 2.04 bits per heavy atom. The molecule has 1 saturated heterocycles. The van der Waals surface area contributed by atoms with E-state index in [1.165, 1.54) is 0 Å². The summed E-state index contributed by atoms with van der Waals surface area (Å²) >= 11 is 2.59. The van der Waals surface area contributed by atoms with E-state index < -0.39 is 28.3 Å². The second-order valence-electron chi connectivity index (χ2n) is 5.83. The Morgan fingerprint density at radius 1 is 1.33 bits per heavy atom. The number of alkyl halides is 3. The number of carbonyl (C=O) groups excluding carboxylic acids is 1. The van der Waals surface area contributed by atoms with Crippen molar-refractivity contribution in [3.8, 4) is 0 Å². The number of thiazole rings is 1. The predicted octanol–water partition coefficient (Wildman–Crippen LogP) is 3.00. The molecule has 1 amide bonds. The van der Waals surface area contributed by atoms with Gasteiger partial charge in [-0.2, -0.15) is 24.9 Å². The highest BCUT2D eigenvalue weighted by molar-refractivity contribution is 7.99. The molecule has 1 aliphatic heterocycles. The Labute approximate surface area is 160 Å². The van der Waals surface area contributed by atoms with Gasteiger partial charge in [0.05, 0.1) is 16.0 Å². The van der Waals surface area contributed by atoms with Crippen LogP contribution in [-0.4, -0.2) is 58.4 Å². The zero-order valence-corrected chi connectivity index (χ0v) is 15.5. The molecule has 7 nitrogen and oxygen atoms in total. The number of benzene rings is 1. The minimum Gasteiger partial charge on any atom is -0.349 e. The molecule has 1 aromatic heterocycles. The first-order chi connectivity index (χ1) is 12.8. The summed E-state index contributed by atoms with van der Waals surface area (Å²) in [6, 6.07) is 1.19. The second kappa shape index (κ2) is 7.98. The molecule has 2 aromatic rings. The van der Waals surface area contributed by atoms with E-state index in [9.17, 15) is 28.1 Å². The van der Waals surface area contributed by atoms with Gasteiger partial charge in [0.15, 0.2) is 5.01 Å². The topological polar surface area (TPSA) is 88.4 Å². The van der Waals surface area contributed by atoms with E-state index in [4.69, 9.17) is 0 Å². The summed E-state index contributed by atoms with van der Waals surface area (Å²) in [4.78, 5) is 28.6. The molecular formula is C15H15F3N4O3S2. The maximum atomic E-state index is 12.9. The van der Waals surface area contributed by atoms with Crippen molar-refractivity contribution in [3.63, 3.8) is 0 Å². The number of nitro groups is 1. The van der Waals surface area contributed by atoms with Crippen LogP contribution in [0.1, 0.15) is 15.4 Å². The van der Waals surface area contributed by atoms with E-state index in [-0.39, 0.29) is 15.2 Å². The maximum absolute atomic E-state index is 12.9. The molecule has 0 aliphatic carbocycles. The predicted molar refractivity (Wildman–Crippen MR) is 97.4 cm³/mol. The van der Waals surface area contributed by atoms with Gasteiger partial charge in [-0.05, 0) is 6.07 Å². The number of carbonyl (C=O) groups is 1. The molecular weight excluding hydrogens is 405 g/mol. The smallest absolute Gasteiger partial charge is 0.349 e. The molecule has 27 heavy (non-hydrogen) atoms. The van der Waals surface area contributed by atoms with Crippen molar-refractivity contribution < 1.29 is 22.9 Å². The van der Waals surface area contributed by atoms with Crippen molar-refractivity contribution in [2.45, 2.75) is 6.18 Å². The third kappa shape index (κ3) is 4.68. The SMILES string of the molecule is O=C(NCCN1CCSCC1)c1nc2cc(C(F)(F)F)cc([N+](=O)[O-])c2s1. The fraction of sp³-hybridized carbons (Fsp3) is 0.467. The lowest BCUT2D eigenvalue weighted by Gasteiger charge is -2.25. The number of fused-ring (bicyclic) bond motifs is 1. The number of non-ortho nitro benzene ring substituents is 1. The largest absolute Gasteiger partial charge is 0.416 e. The highest BCUT2D eigenvalue weighted by Gasteiger charge is 2.34. The molecule has 0 unspecified atom stereocenters. The Hall–Kier alpha value is -1.92. The molecule has 1 aromatic carbocycles. The first-order valence-electron chi connectivity index (χ1n) is 8.00. The summed E-state index contributed by atoms with van der Waals surface area (Å²) < 4.78 is 38.8. The van der Waals surface area contributed by atoms with Gasteiger partial charge in [-0.1, -0.05) is 0 Å². The minimum atomic E-state index is -4.74. The molecule has 0 saturated carbocycles. The van der Waals surface area contributed by atoms with Crippen molar-refractivity contribution in [2.75, 3.05) is 37.7 Å². The molecule has 0 radical (unpaired) electrons. The van der Waals surface area contributed by atoms with Crippen LogP contribution in [0, 0.1) is 10.1 Å². The summed E-state index contributed by atoms with van der Waals surface area (Å²) in [5, 5.41) is 13.7. The first kappa shape index (κ1) is 19.8. The van der Waals surface area contributed by atoms with Crippen LogP contribution in [0.25, 0.3) is 10.2 Å². The van der Waals surface area contributed by atoms with E-state index in [2.05, 4.69) is 15.2 Å². The lowest BCUT2D eigenvalue weighted by atomic mass is 10.2. The average molecular weight is 420 g/mol. The van der Waals surface area contributed by atoms with E-state index in [0.29, 0.717) is 30.5 Å². The van der Waals surface area contributed by atoms with Gasteiger partial charge in [0.25, 0.3) is 11.6 Å². The van der Waals surface area contributed by atoms with Crippen molar-refractivity contribution in [3.05, 3.63) is 32.8 Å². The van der Waals surface area contributed by atoms with Gasteiger partial charge >= 0.3 is 6.18 Å². The van der Waals surface area contributed by atoms with Gasteiger partial charge in [-0.3, -0.25) is 19.8 Å². The molecule has 0 bridgehead atoms. The quantitative estimate of drug-likeness (QED) is 0.591. The van der Waals surface area contributed by atoms with Crippen molar-refractivity contribution in [1.82, 2.24) is 15.2 Å². The van der Waals surface area contributed by atoms with Gasteiger partial charge in [0.2, 0.25) is 0 Å². The number of rotatable bonds is 5. The van der Waals surface area contributed by atoms with Gasteiger partial charge in [0.1, 0.15) is 4.70 Å². The Balaban J connectivity index is 1.77. The summed E-state index contributed by atoms with van der Waals surface area (Å²) in [5.74, 6) is 1.53. The van der Waals surface area contributed by atoms with Crippen LogP contribution in [0.4, 0.5) is 18.9 Å². The van der Waals surface area contributed by atoms with E-state index in [0.717, 1.165) is 30.7 Å². The highest BCUT2D eigenvalue weighted by atomic mass is 32.2. The highest BCUT2D eigenvalue weighted by Crippen LogP contribution is 2.38. The number of nitro benzene ring substituents is 1. The molecule has 1 aliphatic rings. The number of hydrogen-bond donors (Lipinski definition) is 1. The molecule has 3 rings (SSSR count). The Kier molecular flexibility index (Phi) is 5.86. The molecule has 146 valence electrons. The van der Waals surface area contributed by atoms with Crippen LogP contribution in [-0.2, 0) is 6.18 Å². The van der Waals surface area contributed by atoms with Crippen LogP contribution >= 0.6 is 23.1 Å². The third-order valence-electron chi connectivity index (χ3n) is 4.01. The van der Waals surface area contributed by atoms with Gasteiger partial charge in [0, 0.05) is 43.8 Å². The number of nitrogens with zero attached hydrogens (tertiary/aromatic N) is 3. The number of nitrogens with one attached hydrogen (secondary N) is 1. The Morgan fingerprint density at radius 3 is 2.67 bits per heavy atom. The first-order valence-corrected chi connectivity index (χ1v) is 9.97. The maximum Gasteiger partial charge on any atom is 0.416 e. The number of thioether (sulfide) groups is 1. The summed E-state index contributed by atoms with van der Waals surface area (Å²) in [6.07, 6.45) is -4.74. The number of hydrogen-bond acceptors (Lipinski definition) is 7. The van der Waals surface area contributed by atoms with Crippen LogP contribution in [0.5, 0.6) is 0 Å². The van der Waals surface area contributed by atoms with Gasteiger partial charge < -0.3 is 5.32 Å². The standard InChI is InChI=1S/C15H15F3N4O3S2/c16-15(17,18)9-7-10-12(11(8-9)22(24)25)27-14(20-10)13(23)19-1-2-21-3-5-26-6-4-21/h7-8H,1-6H2,(H,19,23). The minimum absolute atomic E-state index is 0.0498. The molecule has 1 N–H and O–H groups in total. The van der Waals surface area contributed by atoms with Crippen LogP contribution in [0.2, 0.25) is 0 Å². The van der Waals surface area contributed by atoms with Gasteiger partial charge in [-0.25, -0.2) is 4.98 Å². The molecule has 1 fully saturated rings. The van der Waals surface area contributed by atoms with Crippen LogP contribution in [0.15, 0.2) is 12.1 Å². The zero-order chi connectivity index (χ0) is 19.6. The van der Waals surface area contributed by atoms with E-state index in [1.54, 1.807) is 0 Å². The number of halogens is 3. The molecule has 12 heteroatoms. The van der Waals surface area contributed by atoms with E-state index in [1.807, 2.05) is 11.8 Å². The fourth-order valence-corrected chi connectivity index (χ4v) is 4.57. The van der Waals surface area contributed by atoms with Crippen LogP contribution < -0.4 is 5.32 Å².